The minimum atomic E-state index is -0.934. The van der Waals surface area contributed by atoms with Gasteiger partial charge in [-0.2, -0.15) is 5.10 Å². The molecule has 10 nitrogen and oxygen atoms in total. The maximum Gasteiger partial charge on any atom is 0.319 e. The van der Waals surface area contributed by atoms with Crippen LogP contribution in [0.1, 0.15) is 25.1 Å². The van der Waals surface area contributed by atoms with Crippen molar-refractivity contribution in [1.29, 1.82) is 0 Å². The number of carboxylic acid groups (broad SMARTS) is 1. The first-order valence-electron chi connectivity index (χ1n) is 12.7. The predicted octanol–water partition coefficient (Wildman–Crippen LogP) is 4.16. The lowest BCUT2D eigenvalue weighted by Gasteiger charge is -2.28. The number of aromatic nitrogens is 5. The fourth-order valence-electron chi connectivity index (χ4n) is 4.06. The maximum absolute atomic E-state index is 11.5. The third-order valence-electron chi connectivity index (χ3n) is 6.34. The fraction of sp³-hybridized carbons (Fsp3) is 0.370. The SMILES string of the molecule is CC(C)(Sc1nc(CCN(Cc2cnn(-c3ccccc3)c2)c2ncc(N3CCOCC3)cn2)cs1)C(=O)O. The number of carboxylic acids is 1. The third-order valence-corrected chi connectivity index (χ3v) is 8.51. The third kappa shape index (κ3) is 6.94. The smallest absolute Gasteiger partial charge is 0.319 e. The largest absolute Gasteiger partial charge is 0.480 e. The second-order valence-electron chi connectivity index (χ2n) is 9.66. The molecular formula is C27H31N7O3S2. The molecule has 4 heterocycles. The van der Waals surface area contributed by atoms with E-state index in [0.717, 1.165) is 40.1 Å². The lowest BCUT2D eigenvalue weighted by Crippen LogP contribution is -2.36. The zero-order chi connectivity index (χ0) is 27.2. The lowest BCUT2D eigenvalue weighted by atomic mass is 10.2. The van der Waals surface area contributed by atoms with E-state index in [1.165, 1.54) is 23.1 Å². The highest BCUT2D eigenvalue weighted by molar-refractivity contribution is 8.03. The molecule has 0 saturated carbocycles. The van der Waals surface area contributed by atoms with Gasteiger partial charge in [0.05, 0.1) is 48.9 Å². The fourth-order valence-corrected chi connectivity index (χ4v) is 6.28. The Kier molecular flexibility index (Phi) is 8.44. The number of nitrogens with zero attached hydrogens (tertiary/aromatic N) is 7. The van der Waals surface area contributed by atoms with Gasteiger partial charge in [-0.3, -0.25) is 4.79 Å². The summed E-state index contributed by atoms with van der Waals surface area (Å²) in [6.07, 6.45) is 8.31. The number of thioether (sulfide) groups is 1. The van der Waals surface area contributed by atoms with Gasteiger partial charge in [-0.1, -0.05) is 30.0 Å². The predicted molar refractivity (Wildman–Crippen MR) is 153 cm³/mol. The van der Waals surface area contributed by atoms with Crippen LogP contribution in [0.3, 0.4) is 0 Å². The molecule has 12 heteroatoms. The van der Waals surface area contributed by atoms with Crippen LogP contribution in [0.15, 0.2) is 64.8 Å². The van der Waals surface area contributed by atoms with Crippen LogP contribution < -0.4 is 9.80 Å². The van der Waals surface area contributed by atoms with Crippen LogP contribution >= 0.6 is 23.1 Å². The van der Waals surface area contributed by atoms with E-state index in [-0.39, 0.29) is 0 Å². The summed E-state index contributed by atoms with van der Waals surface area (Å²) in [6.45, 7) is 7.67. The first-order valence-corrected chi connectivity index (χ1v) is 14.4. The lowest BCUT2D eigenvalue weighted by molar-refractivity contribution is -0.138. The molecule has 1 aliphatic rings. The molecule has 0 spiro atoms. The number of anilines is 2. The van der Waals surface area contributed by atoms with Gasteiger partial charge in [0, 0.05) is 49.7 Å². The van der Waals surface area contributed by atoms with Gasteiger partial charge >= 0.3 is 5.97 Å². The normalized spacial score (nSPS) is 13.9. The molecule has 1 saturated heterocycles. The summed E-state index contributed by atoms with van der Waals surface area (Å²) in [5.74, 6) is -0.222. The second kappa shape index (κ2) is 12.1. The first-order chi connectivity index (χ1) is 18.9. The van der Waals surface area contributed by atoms with Gasteiger partial charge in [0.1, 0.15) is 4.75 Å². The number of hydrogen-bond acceptors (Lipinski definition) is 10. The number of hydrogen-bond donors (Lipinski definition) is 1. The van der Waals surface area contributed by atoms with E-state index < -0.39 is 10.7 Å². The molecular weight excluding hydrogens is 534 g/mol. The van der Waals surface area contributed by atoms with Gasteiger partial charge in [0.2, 0.25) is 5.95 Å². The molecule has 1 N–H and O–H groups in total. The van der Waals surface area contributed by atoms with E-state index in [2.05, 4.69) is 19.9 Å². The molecule has 0 aliphatic carbocycles. The van der Waals surface area contributed by atoms with Gasteiger partial charge in [-0.05, 0) is 26.0 Å². The Morgan fingerprint density at radius 3 is 2.59 bits per heavy atom. The van der Waals surface area contributed by atoms with Crippen molar-refractivity contribution in [3.63, 3.8) is 0 Å². The second-order valence-corrected chi connectivity index (χ2v) is 12.4. The van der Waals surface area contributed by atoms with E-state index in [4.69, 9.17) is 14.7 Å². The zero-order valence-corrected chi connectivity index (χ0v) is 23.6. The van der Waals surface area contributed by atoms with Crippen LogP contribution in [0.2, 0.25) is 0 Å². The number of morpholine rings is 1. The van der Waals surface area contributed by atoms with Crippen LogP contribution in [0.25, 0.3) is 5.69 Å². The van der Waals surface area contributed by atoms with Crippen molar-refractivity contribution < 1.29 is 14.6 Å². The summed E-state index contributed by atoms with van der Waals surface area (Å²) >= 11 is 2.74. The molecule has 0 atom stereocenters. The quantitative estimate of drug-likeness (QED) is 0.266. The van der Waals surface area contributed by atoms with Gasteiger partial charge in [-0.15, -0.1) is 11.3 Å². The van der Waals surface area contributed by atoms with Crippen molar-refractivity contribution >= 4 is 40.7 Å². The van der Waals surface area contributed by atoms with Gasteiger partial charge in [0.15, 0.2) is 4.34 Å². The first kappa shape index (κ1) is 27.1. The van der Waals surface area contributed by atoms with Crippen LogP contribution in [0.5, 0.6) is 0 Å². The summed E-state index contributed by atoms with van der Waals surface area (Å²) in [4.78, 5) is 30.0. The van der Waals surface area contributed by atoms with Crippen LogP contribution in [-0.2, 0) is 22.5 Å². The van der Waals surface area contributed by atoms with Crippen molar-refractivity contribution in [3.8, 4) is 5.69 Å². The molecule has 4 aromatic rings. The minimum absolute atomic E-state index is 0.585. The molecule has 0 amide bonds. The molecule has 3 aromatic heterocycles. The zero-order valence-electron chi connectivity index (χ0n) is 21.9. The summed E-state index contributed by atoms with van der Waals surface area (Å²) in [6, 6.07) is 10.0. The number of aliphatic carboxylic acids is 1. The molecule has 0 radical (unpaired) electrons. The Labute approximate surface area is 235 Å². The number of carbonyl (C=O) groups is 1. The summed E-state index contributed by atoms with van der Waals surface area (Å²) in [5.41, 5.74) is 3.94. The molecule has 0 unspecified atom stereocenters. The van der Waals surface area contributed by atoms with Crippen LogP contribution in [0.4, 0.5) is 11.6 Å². The van der Waals surface area contributed by atoms with E-state index in [0.29, 0.717) is 38.7 Å². The number of rotatable bonds is 11. The number of thiazole rings is 1. The van der Waals surface area contributed by atoms with Crippen molar-refractivity contribution in [2.45, 2.75) is 35.9 Å². The molecule has 5 rings (SSSR count). The molecule has 204 valence electrons. The number of ether oxygens (including phenoxy) is 1. The topological polar surface area (TPSA) is 110 Å². The van der Waals surface area contributed by atoms with E-state index >= 15 is 0 Å². The number of para-hydroxylation sites is 1. The number of benzene rings is 1. The standard InChI is InChI=1S/C27H31N7O3S2/c1-27(2,24(35)36)39-26-31-21(19-38-26)8-9-33(17-20-14-30-34(18-20)22-6-4-3-5-7-22)25-28-15-23(16-29-25)32-10-12-37-13-11-32/h3-7,14-16,18-19H,8-13,17H2,1-2H3,(H,35,36). The summed E-state index contributed by atoms with van der Waals surface area (Å²) < 4.78 is 7.14. The average Bonchev–Trinajstić information content (AvgIpc) is 3.61. The molecule has 1 aliphatic heterocycles. The van der Waals surface area contributed by atoms with Crippen molar-refractivity contribution in [2.75, 3.05) is 42.6 Å². The Hall–Kier alpha value is -3.48. The van der Waals surface area contributed by atoms with Gasteiger partial charge < -0.3 is 19.6 Å². The van der Waals surface area contributed by atoms with Gasteiger partial charge in [-0.25, -0.2) is 19.6 Å². The van der Waals surface area contributed by atoms with Crippen LogP contribution in [-0.4, -0.2) is 73.4 Å². The van der Waals surface area contributed by atoms with Crippen molar-refractivity contribution in [3.05, 3.63) is 71.8 Å². The average molecular weight is 566 g/mol. The van der Waals surface area contributed by atoms with Gasteiger partial charge in [0.25, 0.3) is 0 Å². The Balaban J connectivity index is 1.32. The Morgan fingerprint density at radius 1 is 1.13 bits per heavy atom. The Bertz CT molecular complexity index is 1370. The monoisotopic (exact) mass is 565 g/mol. The Morgan fingerprint density at radius 2 is 1.87 bits per heavy atom. The summed E-state index contributed by atoms with van der Waals surface area (Å²) in [5, 5.41) is 16.0. The highest BCUT2D eigenvalue weighted by Gasteiger charge is 2.30. The highest BCUT2D eigenvalue weighted by Crippen LogP contribution is 2.34. The highest BCUT2D eigenvalue weighted by atomic mass is 32.2. The molecule has 39 heavy (non-hydrogen) atoms. The van der Waals surface area contributed by atoms with E-state index in [1.807, 2.05) is 65.2 Å². The van der Waals surface area contributed by atoms with E-state index in [1.54, 1.807) is 13.8 Å². The molecule has 1 aromatic carbocycles. The molecule has 1 fully saturated rings. The van der Waals surface area contributed by atoms with Crippen molar-refractivity contribution in [1.82, 2.24) is 24.7 Å². The van der Waals surface area contributed by atoms with Crippen molar-refractivity contribution in [2.24, 2.45) is 0 Å². The maximum atomic E-state index is 11.5. The van der Waals surface area contributed by atoms with Crippen LogP contribution in [0, 0.1) is 0 Å². The molecule has 0 bridgehead atoms. The minimum Gasteiger partial charge on any atom is -0.480 e. The summed E-state index contributed by atoms with van der Waals surface area (Å²) in [7, 11) is 0. The van der Waals surface area contributed by atoms with E-state index in [9.17, 15) is 9.90 Å².